The molecule has 0 bridgehead atoms. The second kappa shape index (κ2) is 78.6. The molecule has 0 heterocycles. The van der Waals surface area contributed by atoms with Gasteiger partial charge in [-0.3, -0.25) is 0 Å². The summed E-state index contributed by atoms with van der Waals surface area (Å²) in [6, 6.07) is 0. The SMILES string of the molecule is [2H]C#CC#CC#CC#CC#CC#CC#CC#CC#CC#CC#CC#CC#CC#CC#CC#CC#CC#CC#CC#CC#CC#CC#CC#CC#CC#CC#CC#CC#CC#CC#CC#CC#CC#CC#CC#CC#CC#CC#CC#CC#CC#CC#CC#CC#CC#CC#CC#CC#CC#CC#C. The molecular formula is C102H2. The van der Waals surface area contributed by atoms with Gasteiger partial charge in [-0.2, -0.15) is 0 Å². The molecule has 0 nitrogen and oxygen atoms in total. The van der Waals surface area contributed by atoms with E-state index in [2.05, 4.69) is 592 Å². The van der Waals surface area contributed by atoms with Crippen LogP contribution in [0.5, 0.6) is 0 Å². The van der Waals surface area contributed by atoms with Crippen LogP contribution < -0.4 is 0 Å². The number of hydrogen-bond donors (Lipinski definition) is 0. The third-order valence-electron chi connectivity index (χ3n) is 6.20. The van der Waals surface area contributed by atoms with E-state index in [0.717, 1.165) is 0 Å². The maximum absolute atomic E-state index is 6.59. The molecule has 0 aromatic rings. The van der Waals surface area contributed by atoms with Gasteiger partial charge >= 0.3 is 0 Å². The molecule has 0 amide bonds. The molecule has 0 N–H and O–H groups in total. The van der Waals surface area contributed by atoms with Crippen molar-refractivity contribution in [3.8, 4) is 605 Å². The van der Waals surface area contributed by atoms with Crippen molar-refractivity contribution >= 4 is 0 Å². The fourth-order valence-corrected chi connectivity index (χ4v) is 3.07. The van der Waals surface area contributed by atoms with E-state index in [1.165, 1.54) is 0 Å². The largest absolute Gasteiger partial charge is 0.125 e. The van der Waals surface area contributed by atoms with E-state index in [0.29, 0.717) is 0 Å². The Balaban J connectivity index is 4.64. The van der Waals surface area contributed by atoms with Crippen LogP contribution in [0.3, 0.4) is 0 Å². The Labute approximate surface area is 602 Å². The van der Waals surface area contributed by atoms with E-state index in [1.54, 1.807) is 0 Å². The van der Waals surface area contributed by atoms with Crippen molar-refractivity contribution in [3.05, 3.63) is 0 Å². The van der Waals surface area contributed by atoms with Gasteiger partial charge in [-0.25, -0.2) is 0 Å². The summed E-state index contributed by atoms with van der Waals surface area (Å²) in [5, 5.41) is 0. The van der Waals surface area contributed by atoms with Crippen LogP contribution in [0.2, 0.25) is 0 Å². The van der Waals surface area contributed by atoms with Crippen molar-refractivity contribution in [2.45, 2.75) is 0 Å². The minimum Gasteiger partial charge on any atom is -0.106 e. The molecule has 0 aliphatic rings. The first-order valence-corrected chi connectivity index (χ1v) is 25.3. The third-order valence-corrected chi connectivity index (χ3v) is 6.20. The molecule has 0 saturated carbocycles. The molecule has 0 fully saturated rings. The Morgan fingerprint density at radius 3 is 0.176 bits per heavy atom. The molecule has 0 aromatic carbocycles. The predicted octanol–water partition coefficient (Wildman–Crippen LogP) is 0.419. The van der Waals surface area contributed by atoms with Gasteiger partial charge in [0, 0.05) is 497 Å². The zero-order valence-electron chi connectivity index (χ0n) is 52.1. The van der Waals surface area contributed by atoms with Gasteiger partial charge in [0.25, 0.3) is 0 Å². The van der Waals surface area contributed by atoms with Crippen LogP contribution >= 0.6 is 0 Å². The summed E-state index contributed by atoms with van der Waals surface area (Å²) in [6.07, 6.45) is 6.83. The molecule has 0 atom stereocenters. The highest BCUT2D eigenvalue weighted by molar-refractivity contribution is 5.56. The summed E-state index contributed by atoms with van der Waals surface area (Å²) in [4.78, 5) is 0. The molecule has 0 radical (unpaired) electrons. The molecule has 0 heteroatoms. The Kier molecular flexibility index (Phi) is 59.7. The first-order valence-electron chi connectivity index (χ1n) is 25.8. The van der Waals surface area contributed by atoms with E-state index < -0.39 is 0 Å². The van der Waals surface area contributed by atoms with Crippen LogP contribution in [-0.2, 0) is 0 Å². The smallest absolute Gasteiger partial charge is 0.106 e. The minimum atomic E-state index is 1.87. The van der Waals surface area contributed by atoms with E-state index >= 15 is 0 Å². The monoisotopic (exact) mass is 1230 g/mol. The van der Waals surface area contributed by atoms with Gasteiger partial charge in [0.15, 0.2) is 0 Å². The highest BCUT2D eigenvalue weighted by Crippen LogP contribution is 1.67. The molecule has 0 aromatic heterocycles. The zero-order valence-corrected chi connectivity index (χ0v) is 51.1. The number of rotatable bonds is 0. The van der Waals surface area contributed by atoms with E-state index in [4.69, 9.17) is 7.79 Å². The van der Waals surface area contributed by atoms with Gasteiger partial charge in [-0.1, -0.05) is 0 Å². The lowest BCUT2D eigenvalue weighted by Gasteiger charge is -1.58. The fraction of sp³-hybridized carbons (Fsp3) is 0. The van der Waals surface area contributed by atoms with Gasteiger partial charge in [0.05, 0.1) is 0 Å². The van der Waals surface area contributed by atoms with Gasteiger partial charge in [0.2, 0.25) is 0 Å². The molecule has 410 valence electrons. The Morgan fingerprint density at radius 1 is 0.0784 bits per heavy atom. The lowest BCUT2D eigenvalue weighted by Crippen LogP contribution is -1.57. The van der Waals surface area contributed by atoms with Crippen LogP contribution in [0.25, 0.3) is 0 Å². The van der Waals surface area contributed by atoms with Crippen molar-refractivity contribution in [3.63, 3.8) is 0 Å². The summed E-state index contributed by atoms with van der Waals surface area (Å²) in [6.45, 7) is 0. The maximum Gasteiger partial charge on any atom is 0.125 e. The molecule has 0 aliphatic heterocycles. The highest BCUT2D eigenvalue weighted by atomic mass is 13.7. The average molecular weight is 1230 g/mol. The maximum atomic E-state index is 6.59. The van der Waals surface area contributed by atoms with Gasteiger partial charge < -0.3 is 0 Å². The topological polar surface area (TPSA) is 0 Å². The molecule has 0 spiro atoms. The lowest BCUT2D eigenvalue weighted by atomic mass is 10.4. The van der Waals surface area contributed by atoms with Crippen LogP contribution in [-0.4, -0.2) is 0 Å². The van der Waals surface area contributed by atoms with Crippen molar-refractivity contribution in [2.24, 2.45) is 0 Å². The summed E-state index contributed by atoms with van der Waals surface area (Å²) >= 11 is 0. The Hall–Kier alpha value is -22.4. The van der Waals surface area contributed by atoms with Crippen LogP contribution in [0.1, 0.15) is 1.37 Å². The Morgan fingerprint density at radius 2 is 0.127 bits per heavy atom. The quantitative estimate of drug-likeness (QED) is 0.310. The predicted molar refractivity (Wildman–Crippen MR) is 399 cm³/mol. The Bertz CT molecular complexity index is 7320. The lowest BCUT2D eigenvalue weighted by molar-refractivity contribution is 2.31. The average Bonchev–Trinajstić information content (AvgIpc) is 3.71. The fourth-order valence-electron chi connectivity index (χ4n) is 3.07. The highest BCUT2D eigenvalue weighted by Gasteiger charge is 1.67. The number of terminal acetylenes is 2. The minimum absolute atomic E-state index is 1.87. The summed E-state index contributed by atoms with van der Waals surface area (Å²) < 4.78 is 6.59. The first kappa shape index (κ1) is 77.6. The normalized spacial score (nSPS) is 4.01. The van der Waals surface area contributed by atoms with Crippen LogP contribution in [0.15, 0.2) is 0 Å². The van der Waals surface area contributed by atoms with Crippen molar-refractivity contribution < 1.29 is 1.37 Å². The first-order chi connectivity index (χ1) is 51.4. The molecule has 102 heavy (non-hydrogen) atoms. The van der Waals surface area contributed by atoms with E-state index in [-0.39, 0.29) is 0 Å². The van der Waals surface area contributed by atoms with Crippen molar-refractivity contribution in [1.29, 1.82) is 0 Å². The van der Waals surface area contributed by atoms with E-state index in [1.807, 2.05) is 6.40 Å². The summed E-state index contributed by atoms with van der Waals surface area (Å²) in [5.41, 5.74) is 0. The van der Waals surface area contributed by atoms with Gasteiger partial charge in [-0.15, -0.1) is 12.8 Å². The summed E-state index contributed by atoms with van der Waals surface area (Å²) in [5.74, 6) is 248. The summed E-state index contributed by atoms with van der Waals surface area (Å²) in [7, 11) is 0. The molecule has 0 saturated heterocycles. The number of hydrogen-bond acceptors (Lipinski definition) is 0. The van der Waals surface area contributed by atoms with Gasteiger partial charge in [0.1, 0.15) is 1.37 Å². The molecule has 0 aliphatic carbocycles. The molecular weight excluding hydrogens is 1230 g/mol. The third kappa shape index (κ3) is 77.6. The second-order valence-corrected chi connectivity index (χ2v) is 12.5. The van der Waals surface area contributed by atoms with Crippen molar-refractivity contribution in [2.75, 3.05) is 0 Å². The van der Waals surface area contributed by atoms with E-state index in [9.17, 15) is 0 Å². The molecule has 0 unspecified atom stereocenters. The molecule has 0 rings (SSSR count). The standard InChI is InChI=1S/C102H2/c1-3-5-7-9-11-13-15-17-19-21-23-25-27-29-31-33-35-37-39-41-43-45-47-49-51-53-55-57-59-61-63-65-67-69-71-73-75-77-79-81-83-85-87-89-91-93-95-97-99-101-102-100-98-96-94-92-90-88-86-84-82-80-78-76-74-72-70-68-66-64-62-60-58-56-54-52-50-48-46-44-42-40-38-36-34-32-30-28-26-24-22-20-18-16-14-12-10-8-6-4-2/h1-2H/i1D. The zero-order chi connectivity index (χ0) is 73.4. The second-order valence-electron chi connectivity index (χ2n) is 12.5. The van der Waals surface area contributed by atoms with Crippen LogP contribution in [0, 0.1) is 605 Å². The van der Waals surface area contributed by atoms with Gasteiger partial charge in [-0.05, 0) is 94.7 Å². The van der Waals surface area contributed by atoms with Crippen LogP contribution in [0.4, 0.5) is 0 Å². The van der Waals surface area contributed by atoms with Crippen molar-refractivity contribution in [1.82, 2.24) is 0 Å².